The first-order valence-corrected chi connectivity index (χ1v) is 5.47. The normalized spacial score (nSPS) is 11.4. The van der Waals surface area contributed by atoms with Crippen LogP contribution in [0, 0.1) is 6.92 Å². The van der Waals surface area contributed by atoms with Crippen molar-refractivity contribution in [3.8, 4) is 0 Å². The van der Waals surface area contributed by atoms with Crippen molar-refractivity contribution in [2.75, 3.05) is 10.7 Å². The Balaban J connectivity index is 2.18. The maximum atomic E-state index is 12.6. The van der Waals surface area contributed by atoms with Crippen LogP contribution in [0.5, 0.6) is 0 Å². The average Bonchev–Trinajstić information content (AvgIpc) is 2.81. The summed E-state index contributed by atoms with van der Waals surface area (Å²) in [5.41, 5.74) is 1.43. The summed E-state index contributed by atoms with van der Waals surface area (Å²) in [6.45, 7) is 1.87. The van der Waals surface area contributed by atoms with Gasteiger partial charge in [0.05, 0.1) is 6.54 Å². The molecule has 0 atom stereocenters. The number of aromatic nitrogens is 3. The monoisotopic (exact) mass is 288 g/mol. The average molecular weight is 288 g/mol. The number of nitrogen functional groups attached to an aromatic ring is 1. The molecule has 0 bridgehead atoms. The second kappa shape index (κ2) is 5.33. The predicted molar refractivity (Wildman–Crippen MR) is 63.4 cm³/mol. The molecule has 0 amide bonds. The lowest BCUT2D eigenvalue weighted by molar-refractivity contribution is -0.141. The minimum atomic E-state index is -4.59. The molecule has 20 heavy (non-hydrogen) atoms. The number of anilines is 2. The summed E-state index contributed by atoms with van der Waals surface area (Å²) in [7, 11) is 0. The SMILES string of the molecule is Cc1cc(CNc2cc(C(F)(F)F)nc(NN)n2)no1. The van der Waals surface area contributed by atoms with E-state index >= 15 is 0 Å². The van der Waals surface area contributed by atoms with Crippen molar-refractivity contribution < 1.29 is 17.7 Å². The van der Waals surface area contributed by atoms with E-state index in [4.69, 9.17) is 10.4 Å². The van der Waals surface area contributed by atoms with E-state index in [1.807, 2.05) is 5.43 Å². The number of aryl methyl sites for hydroxylation is 1. The van der Waals surface area contributed by atoms with E-state index in [0.717, 1.165) is 6.07 Å². The number of nitrogens with two attached hydrogens (primary N) is 1. The van der Waals surface area contributed by atoms with E-state index in [1.54, 1.807) is 13.0 Å². The van der Waals surface area contributed by atoms with Gasteiger partial charge in [-0.25, -0.2) is 10.8 Å². The summed E-state index contributed by atoms with van der Waals surface area (Å²) in [4.78, 5) is 7.01. The van der Waals surface area contributed by atoms with Crippen LogP contribution in [0.4, 0.5) is 24.9 Å². The molecule has 4 N–H and O–H groups in total. The third-order valence-corrected chi connectivity index (χ3v) is 2.27. The van der Waals surface area contributed by atoms with Gasteiger partial charge in [-0.1, -0.05) is 5.16 Å². The van der Waals surface area contributed by atoms with Gasteiger partial charge in [0, 0.05) is 12.1 Å². The fourth-order valence-electron chi connectivity index (χ4n) is 1.43. The van der Waals surface area contributed by atoms with Gasteiger partial charge in [0.25, 0.3) is 0 Å². The predicted octanol–water partition coefficient (Wildman–Crippen LogP) is 1.69. The molecule has 2 heterocycles. The largest absolute Gasteiger partial charge is 0.433 e. The summed E-state index contributed by atoms with van der Waals surface area (Å²) in [5.74, 6) is 5.28. The third kappa shape index (κ3) is 3.35. The first-order valence-electron chi connectivity index (χ1n) is 5.47. The Bertz CT molecular complexity index is 597. The molecule has 0 saturated carbocycles. The summed E-state index contributed by atoms with van der Waals surface area (Å²) in [5, 5.41) is 6.39. The Hall–Kier alpha value is -2.36. The molecule has 108 valence electrons. The smallest absolute Gasteiger partial charge is 0.364 e. The van der Waals surface area contributed by atoms with Gasteiger partial charge in [0.2, 0.25) is 5.95 Å². The molecule has 0 aliphatic rings. The molecule has 0 aliphatic carbocycles. The number of halogens is 3. The number of hydrogen-bond acceptors (Lipinski definition) is 7. The van der Waals surface area contributed by atoms with E-state index in [9.17, 15) is 13.2 Å². The molecule has 10 heteroatoms. The van der Waals surface area contributed by atoms with Crippen LogP contribution >= 0.6 is 0 Å². The summed E-state index contributed by atoms with van der Waals surface area (Å²) in [6, 6.07) is 2.44. The molecule has 7 nitrogen and oxygen atoms in total. The zero-order valence-corrected chi connectivity index (χ0v) is 10.3. The van der Waals surface area contributed by atoms with Crippen LogP contribution in [0.3, 0.4) is 0 Å². The summed E-state index contributed by atoms with van der Waals surface area (Å²) < 4.78 is 42.8. The third-order valence-electron chi connectivity index (χ3n) is 2.27. The number of alkyl halides is 3. The Kier molecular flexibility index (Phi) is 3.74. The van der Waals surface area contributed by atoms with Gasteiger partial charge in [0.1, 0.15) is 17.3 Å². The molecule has 0 aliphatic heterocycles. The van der Waals surface area contributed by atoms with Crippen LogP contribution < -0.4 is 16.6 Å². The van der Waals surface area contributed by atoms with E-state index in [-0.39, 0.29) is 18.3 Å². The molecule has 2 aromatic rings. The Morgan fingerprint density at radius 1 is 1.30 bits per heavy atom. The molecule has 2 aromatic heterocycles. The lowest BCUT2D eigenvalue weighted by Gasteiger charge is -2.10. The number of hydrogen-bond donors (Lipinski definition) is 3. The quantitative estimate of drug-likeness (QED) is 0.581. The number of nitrogens with one attached hydrogen (secondary N) is 2. The highest BCUT2D eigenvalue weighted by Crippen LogP contribution is 2.29. The van der Waals surface area contributed by atoms with Crippen LogP contribution in [0.25, 0.3) is 0 Å². The topological polar surface area (TPSA) is 102 Å². The lowest BCUT2D eigenvalue weighted by atomic mass is 10.3. The first-order chi connectivity index (χ1) is 9.38. The second-order valence-corrected chi connectivity index (χ2v) is 3.89. The summed E-state index contributed by atoms with van der Waals surface area (Å²) >= 11 is 0. The molecule has 0 saturated heterocycles. The number of rotatable bonds is 4. The van der Waals surface area contributed by atoms with E-state index in [1.165, 1.54) is 0 Å². The number of nitrogens with zero attached hydrogens (tertiary/aromatic N) is 3. The molecule has 0 aromatic carbocycles. The van der Waals surface area contributed by atoms with Gasteiger partial charge >= 0.3 is 6.18 Å². The van der Waals surface area contributed by atoms with Crippen molar-refractivity contribution in [3.63, 3.8) is 0 Å². The Morgan fingerprint density at radius 3 is 2.60 bits per heavy atom. The molecular formula is C10H11F3N6O. The molecule has 0 spiro atoms. The number of hydrazine groups is 1. The van der Waals surface area contributed by atoms with Gasteiger partial charge in [-0.3, -0.25) is 5.43 Å². The highest BCUT2D eigenvalue weighted by atomic mass is 19.4. The Labute approximate surface area is 111 Å². The maximum Gasteiger partial charge on any atom is 0.433 e. The van der Waals surface area contributed by atoms with Gasteiger partial charge in [-0.2, -0.15) is 18.2 Å². The van der Waals surface area contributed by atoms with E-state index in [2.05, 4.69) is 20.4 Å². The van der Waals surface area contributed by atoms with Crippen molar-refractivity contribution >= 4 is 11.8 Å². The zero-order chi connectivity index (χ0) is 14.8. The van der Waals surface area contributed by atoms with Crippen LogP contribution in [0.1, 0.15) is 17.1 Å². The highest BCUT2D eigenvalue weighted by molar-refractivity contribution is 5.42. The van der Waals surface area contributed by atoms with Crippen LogP contribution in [0.2, 0.25) is 0 Å². The van der Waals surface area contributed by atoms with Crippen LogP contribution in [-0.2, 0) is 12.7 Å². The minimum Gasteiger partial charge on any atom is -0.364 e. The van der Waals surface area contributed by atoms with Crippen molar-refractivity contribution in [1.29, 1.82) is 0 Å². The van der Waals surface area contributed by atoms with Crippen molar-refractivity contribution in [2.24, 2.45) is 5.84 Å². The van der Waals surface area contributed by atoms with Gasteiger partial charge < -0.3 is 9.84 Å². The molecule has 0 fully saturated rings. The minimum absolute atomic E-state index is 0.0269. The van der Waals surface area contributed by atoms with Crippen molar-refractivity contribution in [2.45, 2.75) is 19.6 Å². The van der Waals surface area contributed by atoms with E-state index < -0.39 is 11.9 Å². The second-order valence-electron chi connectivity index (χ2n) is 3.89. The van der Waals surface area contributed by atoms with Crippen molar-refractivity contribution in [1.82, 2.24) is 15.1 Å². The zero-order valence-electron chi connectivity index (χ0n) is 10.3. The maximum absolute atomic E-state index is 12.6. The molecular weight excluding hydrogens is 277 g/mol. The van der Waals surface area contributed by atoms with Gasteiger partial charge in [0.15, 0.2) is 5.69 Å². The van der Waals surface area contributed by atoms with Crippen LogP contribution in [-0.4, -0.2) is 15.1 Å². The molecule has 0 unspecified atom stereocenters. The lowest BCUT2D eigenvalue weighted by Crippen LogP contribution is -2.16. The Morgan fingerprint density at radius 2 is 2.05 bits per heavy atom. The molecule has 2 rings (SSSR count). The van der Waals surface area contributed by atoms with Crippen molar-refractivity contribution in [3.05, 3.63) is 29.3 Å². The standard InChI is InChI=1S/C10H11F3N6O/c1-5-2-6(19-20-5)4-15-8-3-7(10(11,12)13)16-9(17-8)18-14/h2-3H,4,14H2,1H3,(H2,15,16,17,18). The van der Waals surface area contributed by atoms with Gasteiger partial charge in [-0.05, 0) is 6.92 Å². The fourth-order valence-corrected chi connectivity index (χ4v) is 1.43. The van der Waals surface area contributed by atoms with Crippen LogP contribution in [0.15, 0.2) is 16.7 Å². The summed E-state index contributed by atoms with van der Waals surface area (Å²) in [6.07, 6.45) is -4.59. The fraction of sp³-hybridized carbons (Fsp3) is 0.300. The van der Waals surface area contributed by atoms with E-state index in [0.29, 0.717) is 11.5 Å². The molecule has 0 radical (unpaired) electrons. The highest BCUT2D eigenvalue weighted by Gasteiger charge is 2.33. The van der Waals surface area contributed by atoms with Gasteiger partial charge in [-0.15, -0.1) is 0 Å². The first kappa shape index (κ1) is 14.1.